The Bertz CT molecular complexity index is 1770. The number of rotatable bonds is 5. The molecule has 15 heteroatoms. The van der Waals surface area contributed by atoms with Crippen LogP contribution in [0.3, 0.4) is 0 Å². The first-order chi connectivity index (χ1) is 26.0. The number of methoxy groups -OCH3 is 2. The summed E-state index contributed by atoms with van der Waals surface area (Å²) in [5, 5.41) is 22.4. The van der Waals surface area contributed by atoms with E-state index in [1.807, 2.05) is 51.1 Å². The number of hydrogen-bond donors (Lipinski definition) is 4. The van der Waals surface area contributed by atoms with Gasteiger partial charge in [0, 0.05) is 57.3 Å². The summed E-state index contributed by atoms with van der Waals surface area (Å²) in [4.78, 5) is 51.0. The van der Waals surface area contributed by atoms with E-state index in [1.54, 1.807) is 25.1 Å². The number of nitrogens with one attached hydrogen (secondary N) is 1. The molecule has 4 unspecified atom stereocenters. The average Bonchev–Trinajstić information content (AvgIpc) is 3.92. The number of amides is 3. The Labute approximate surface area is 328 Å². The van der Waals surface area contributed by atoms with Crippen LogP contribution in [0.5, 0.6) is 11.5 Å². The number of alkyl carbamates (subject to hydrolysis) is 1. The summed E-state index contributed by atoms with van der Waals surface area (Å²) in [6.45, 7) is 7.44. The number of nitrogens with zero attached hydrogens (tertiary/aromatic N) is 2. The third-order valence-corrected chi connectivity index (χ3v) is 9.89. The number of aliphatic carboxylic acids is 1. The number of nitrogen functional groups attached to an aromatic ring is 1. The van der Waals surface area contributed by atoms with Crippen LogP contribution in [0, 0.1) is 12.8 Å². The maximum atomic E-state index is 13.2. The fourth-order valence-electron chi connectivity index (χ4n) is 6.53. The first-order valence-electron chi connectivity index (χ1n) is 17.9. The summed E-state index contributed by atoms with van der Waals surface area (Å²) in [5.74, 6) is -0.319. The summed E-state index contributed by atoms with van der Waals surface area (Å²) >= 11 is 4.64. The van der Waals surface area contributed by atoms with Crippen LogP contribution in [0.2, 0.25) is 0 Å². The first kappa shape index (κ1) is 44.6. The number of halogens is 1. The molecule has 302 valence electrons. The minimum atomic E-state index is -1.37. The van der Waals surface area contributed by atoms with Gasteiger partial charge in [-0.15, -0.1) is 11.6 Å². The van der Waals surface area contributed by atoms with Crippen LogP contribution in [-0.4, -0.2) is 104 Å². The predicted molar refractivity (Wildman–Crippen MR) is 211 cm³/mol. The number of likely N-dealkylation sites (N-methyl/N-ethyl adjacent to an activating group) is 1. The van der Waals surface area contributed by atoms with Crippen molar-refractivity contribution in [3.8, 4) is 11.5 Å². The van der Waals surface area contributed by atoms with Gasteiger partial charge in [0.1, 0.15) is 29.4 Å². The van der Waals surface area contributed by atoms with E-state index in [1.165, 1.54) is 39.6 Å². The molecule has 3 aliphatic rings. The van der Waals surface area contributed by atoms with Crippen LogP contribution in [0.15, 0.2) is 54.1 Å². The van der Waals surface area contributed by atoms with Crippen molar-refractivity contribution in [2.75, 3.05) is 45.3 Å². The van der Waals surface area contributed by atoms with Gasteiger partial charge in [0.2, 0.25) is 5.91 Å². The summed E-state index contributed by atoms with van der Waals surface area (Å²) in [6, 6.07) is 7.72. The zero-order valence-electron chi connectivity index (χ0n) is 33.1. The highest BCUT2D eigenvalue weighted by Gasteiger charge is 2.48. The van der Waals surface area contributed by atoms with E-state index in [0.717, 1.165) is 33.0 Å². The standard InChI is InChI=1S/C27H36N2O6.C12H16N2O4.CH3Cl/c1-16-8-6-7-9-27(32)15-20(34-26(31)28-27)14-23-25(35-23)17(2)11-24(30)29(4)21-12-19(10-16)13-22(33-5)18(21)3;1-7(12(16)17)14(2)11(15)8-4-5-9(13)10(6-8)18-3;1-2/h6-8,12-13,17,20,23,25,32H,9-11,14-15H2,1-5H3,(H,28,31);4-7H,13H2,1-3H3,(H,16,17);1H3/b7-6+,16-8+;;/t17?,20?,23?,25?,27-;7-;/m10./s1. The number of benzene rings is 2. The van der Waals surface area contributed by atoms with E-state index in [9.17, 15) is 24.3 Å². The zero-order valence-corrected chi connectivity index (χ0v) is 33.8. The van der Waals surface area contributed by atoms with Gasteiger partial charge in [0.25, 0.3) is 5.91 Å². The lowest BCUT2D eigenvalue weighted by atomic mass is 9.93. The molecular formula is C40H55ClN4O10. The van der Waals surface area contributed by atoms with Crippen LogP contribution in [-0.2, 0) is 25.5 Å². The molecule has 2 fully saturated rings. The number of fused-ring (bicyclic) bond motifs is 5. The number of aliphatic hydroxyl groups is 1. The molecule has 5 rings (SSSR count). The van der Waals surface area contributed by atoms with E-state index < -0.39 is 35.8 Å². The molecule has 0 aliphatic carbocycles. The molecule has 0 saturated carbocycles. The monoisotopic (exact) mass is 786 g/mol. The number of hydrogen-bond acceptors (Lipinski definition) is 10. The summed E-state index contributed by atoms with van der Waals surface area (Å²) < 4.78 is 21.9. The van der Waals surface area contributed by atoms with Gasteiger partial charge in [0.05, 0.1) is 37.8 Å². The Morgan fingerprint density at radius 3 is 2.44 bits per heavy atom. The molecule has 3 amide bonds. The Morgan fingerprint density at radius 1 is 1.13 bits per heavy atom. The maximum absolute atomic E-state index is 13.2. The van der Waals surface area contributed by atoms with Crippen molar-refractivity contribution in [2.45, 2.75) is 89.9 Å². The molecule has 3 aliphatic heterocycles. The Hall–Kier alpha value is -4.79. The van der Waals surface area contributed by atoms with Crippen molar-refractivity contribution >= 4 is 46.9 Å². The van der Waals surface area contributed by atoms with E-state index in [2.05, 4.69) is 16.9 Å². The molecule has 2 aromatic rings. The molecule has 5 N–H and O–H groups in total. The van der Waals surface area contributed by atoms with Crippen LogP contribution in [0.1, 0.15) is 67.9 Å². The highest BCUT2D eigenvalue weighted by molar-refractivity contribution is 6.15. The lowest BCUT2D eigenvalue weighted by Gasteiger charge is -2.36. The molecule has 14 nitrogen and oxygen atoms in total. The second-order valence-electron chi connectivity index (χ2n) is 14.0. The maximum Gasteiger partial charge on any atom is 0.409 e. The van der Waals surface area contributed by atoms with Crippen LogP contribution in [0.4, 0.5) is 16.2 Å². The second kappa shape index (κ2) is 19.7. The summed E-state index contributed by atoms with van der Waals surface area (Å²) in [6.07, 6.45) is 8.02. The average molecular weight is 787 g/mol. The van der Waals surface area contributed by atoms with Gasteiger partial charge in [-0.2, -0.15) is 0 Å². The van der Waals surface area contributed by atoms with Gasteiger partial charge in [-0.1, -0.05) is 30.7 Å². The lowest BCUT2D eigenvalue weighted by molar-refractivity contribution is -0.141. The summed E-state index contributed by atoms with van der Waals surface area (Å²) in [7, 11) is 6.32. The highest BCUT2D eigenvalue weighted by atomic mass is 35.5. The number of carbonyl (C=O) groups excluding carboxylic acids is 3. The van der Waals surface area contributed by atoms with E-state index in [-0.39, 0.29) is 36.9 Å². The zero-order chi connectivity index (χ0) is 41.2. The number of alkyl halides is 1. The Balaban J connectivity index is 0.000000343. The van der Waals surface area contributed by atoms with Crippen molar-refractivity contribution in [3.63, 3.8) is 0 Å². The Morgan fingerprint density at radius 2 is 1.80 bits per heavy atom. The Kier molecular flexibility index (Phi) is 16.0. The molecule has 55 heavy (non-hydrogen) atoms. The number of ether oxygens (including phenoxy) is 4. The molecule has 2 saturated heterocycles. The van der Waals surface area contributed by atoms with E-state index in [0.29, 0.717) is 36.3 Å². The van der Waals surface area contributed by atoms with Crippen molar-refractivity contribution in [2.24, 2.45) is 5.92 Å². The van der Waals surface area contributed by atoms with Crippen molar-refractivity contribution in [3.05, 3.63) is 70.8 Å². The number of carbonyl (C=O) groups is 4. The van der Waals surface area contributed by atoms with Crippen molar-refractivity contribution in [1.82, 2.24) is 10.2 Å². The molecule has 3 heterocycles. The van der Waals surface area contributed by atoms with Gasteiger partial charge in [-0.25, -0.2) is 9.59 Å². The van der Waals surface area contributed by atoms with Crippen LogP contribution in [0.25, 0.3) is 0 Å². The fraction of sp³-hybridized carbons (Fsp3) is 0.500. The third-order valence-electron chi connectivity index (χ3n) is 9.89. The number of carboxylic acid groups (broad SMARTS) is 1. The first-order valence-corrected chi connectivity index (χ1v) is 18.7. The minimum absolute atomic E-state index is 0.00448. The van der Waals surface area contributed by atoms with E-state index >= 15 is 0 Å². The minimum Gasteiger partial charge on any atom is -0.496 e. The van der Waals surface area contributed by atoms with E-state index in [4.69, 9.17) is 29.8 Å². The SMILES string of the molecule is CCl.COc1cc(C(=O)N(C)[C@@H](C)C(=O)O)ccc1N.COc1cc2cc(c1C)N(C)C(=O)CC(C)C1OC1CC1C[C@](O)(C/C=C/C=C(\C)C2)NC(=O)O1. The van der Waals surface area contributed by atoms with Crippen LogP contribution >= 0.6 is 11.6 Å². The summed E-state index contributed by atoms with van der Waals surface area (Å²) in [5.41, 5.74) is 8.93. The number of anilines is 2. The molecule has 4 bridgehead atoms. The number of allylic oxidation sites excluding steroid dienone is 3. The van der Waals surface area contributed by atoms with Gasteiger partial charge in [-0.3, -0.25) is 14.9 Å². The van der Waals surface area contributed by atoms with Gasteiger partial charge >= 0.3 is 12.1 Å². The number of epoxide rings is 1. The molecule has 0 aromatic heterocycles. The third kappa shape index (κ3) is 11.8. The van der Waals surface area contributed by atoms with Gasteiger partial charge in [-0.05, 0) is 69.0 Å². The molecular weight excluding hydrogens is 732 g/mol. The topological polar surface area (TPSA) is 193 Å². The van der Waals surface area contributed by atoms with Crippen molar-refractivity contribution in [1.29, 1.82) is 0 Å². The van der Waals surface area contributed by atoms with Crippen molar-refractivity contribution < 1.29 is 48.3 Å². The quantitative estimate of drug-likeness (QED) is 0.171. The molecule has 2 aromatic carbocycles. The normalized spacial score (nSPS) is 25.7. The smallest absolute Gasteiger partial charge is 0.409 e. The van der Waals surface area contributed by atoms with Crippen LogP contribution < -0.4 is 25.4 Å². The second-order valence-corrected chi connectivity index (χ2v) is 14.0. The fourth-order valence-corrected chi connectivity index (χ4v) is 6.53. The van der Waals surface area contributed by atoms with Gasteiger partial charge < -0.3 is 44.7 Å². The molecule has 6 atom stereocenters. The number of nitrogens with two attached hydrogens (primary N) is 1. The van der Waals surface area contributed by atoms with Gasteiger partial charge in [0.15, 0.2) is 0 Å². The lowest BCUT2D eigenvalue weighted by Crippen LogP contribution is -2.56. The molecule has 0 radical (unpaired) electrons. The predicted octanol–water partition coefficient (Wildman–Crippen LogP) is 5.46. The largest absolute Gasteiger partial charge is 0.496 e. The highest BCUT2D eigenvalue weighted by Crippen LogP contribution is 2.38. The molecule has 0 spiro atoms. The number of carboxylic acids is 1.